The van der Waals surface area contributed by atoms with Gasteiger partial charge in [0.2, 0.25) is 0 Å². The first kappa shape index (κ1) is 17.3. The molecule has 3 rings (SSSR count). The highest BCUT2D eigenvalue weighted by molar-refractivity contribution is 5.74. The summed E-state index contributed by atoms with van der Waals surface area (Å²) in [4.78, 5) is 16.5. The van der Waals surface area contributed by atoms with Crippen LogP contribution in [-0.2, 0) is 18.6 Å². The van der Waals surface area contributed by atoms with Crippen molar-refractivity contribution in [2.75, 3.05) is 6.54 Å². The second-order valence-corrected chi connectivity index (χ2v) is 6.60. The van der Waals surface area contributed by atoms with Crippen LogP contribution in [0.4, 0.5) is 9.18 Å². The zero-order valence-corrected chi connectivity index (χ0v) is 14.3. The molecule has 0 saturated heterocycles. The fourth-order valence-electron chi connectivity index (χ4n) is 2.95. The lowest BCUT2D eigenvalue weighted by Crippen LogP contribution is -2.49. The largest absolute Gasteiger partial charge is 0.384 e. The Bertz CT molecular complexity index is 757. The number of rotatable bonds is 4. The van der Waals surface area contributed by atoms with E-state index in [9.17, 15) is 14.3 Å². The summed E-state index contributed by atoms with van der Waals surface area (Å²) in [6.45, 7) is 4.02. The molecule has 0 saturated carbocycles. The predicted octanol–water partition coefficient (Wildman–Crippen LogP) is 1.25. The summed E-state index contributed by atoms with van der Waals surface area (Å²) in [5.41, 5.74) is -0.747. The van der Waals surface area contributed by atoms with Crippen LogP contribution >= 0.6 is 0 Å². The molecule has 0 aliphatic carbocycles. The number of amides is 2. The quantitative estimate of drug-likeness (QED) is 0.776. The van der Waals surface area contributed by atoms with Crippen LogP contribution in [0.25, 0.3) is 0 Å². The number of benzene rings is 1. The molecular formula is C17H22FN5O2. The van der Waals surface area contributed by atoms with Crippen LogP contribution in [0, 0.1) is 12.7 Å². The molecule has 1 aliphatic rings. The van der Waals surface area contributed by atoms with Gasteiger partial charge < -0.3 is 15.7 Å². The van der Waals surface area contributed by atoms with Gasteiger partial charge in [-0.2, -0.15) is 5.10 Å². The van der Waals surface area contributed by atoms with Crippen molar-refractivity contribution in [3.05, 3.63) is 47.3 Å². The maximum Gasteiger partial charge on any atom is 0.315 e. The fraction of sp³-hybridized carbons (Fsp3) is 0.471. The second-order valence-electron chi connectivity index (χ2n) is 6.60. The van der Waals surface area contributed by atoms with Gasteiger partial charge in [-0.15, -0.1) is 0 Å². The summed E-state index contributed by atoms with van der Waals surface area (Å²) in [6.07, 6.45) is 1.55. The molecule has 0 radical (unpaired) electrons. The Morgan fingerprint density at radius 3 is 2.88 bits per heavy atom. The van der Waals surface area contributed by atoms with E-state index in [0.717, 1.165) is 24.5 Å². The van der Waals surface area contributed by atoms with Crippen LogP contribution in [0.2, 0.25) is 0 Å². The maximum atomic E-state index is 13.0. The van der Waals surface area contributed by atoms with Gasteiger partial charge in [0.25, 0.3) is 0 Å². The van der Waals surface area contributed by atoms with Crippen LogP contribution in [0.5, 0.6) is 0 Å². The summed E-state index contributed by atoms with van der Waals surface area (Å²) >= 11 is 0. The zero-order valence-electron chi connectivity index (χ0n) is 14.3. The first-order chi connectivity index (χ1) is 11.8. The predicted molar refractivity (Wildman–Crippen MR) is 89.4 cm³/mol. The minimum atomic E-state index is -1.28. The second kappa shape index (κ2) is 6.79. The van der Waals surface area contributed by atoms with Crippen LogP contribution < -0.4 is 10.6 Å². The standard InChI is InChI=1S/C17H22FN5O2/c1-11-20-15-8-7-14(9-23(15)22-11)21-16(24)19-10-17(2,25)12-3-5-13(18)6-4-12/h3-6,14,25H,7-10H2,1-2H3,(H2,19,21,24). The lowest BCUT2D eigenvalue weighted by molar-refractivity contribution is 0.0591. The van der Waals surface area contributed by atoms with Gasteiger partial charge >= 0.3 is 6.03 Å². The Labute approximate surface area is 145 Å². The maximum absolute atomic E-state index is 13.0. The number of urea groups is 1. The number of carbonyl (C=O) groups is 1. The van der Waals surface area contributed by atoms with Gasteiger partial charge in [0.15, 0.2) is 0 Å². The number of hydrogen-bond donors (Lipinski definition) is 3. The first-order valence-corrected chi connectivity index (χ1v) is 8.26. The van der Waals surface area contributed by atoms with E-state index >= 15 is 0 Å². The molecule has 1 aromatic carbocycles. The number of hydrogen-bond acceptors (Lipinski definition) is 4. The highest BCUT2D eigenvalue weighted by atomic mass is 19.1. The van der Waals surface area contributed by atoms with E-state index in [1.54, 1.807) is 6.92 Å². The molecule has 8 heteroatoms. The third kappa shape index (κ3) is 4.14. The summed E-state index contributed by atoms with van der Waals surface area (Å²) < 4.78 is 14.8. The normalized spacial score (nSPS) is 19.0. The van der Waals surface area contributed by atoms with Crippen LogP contribution in [-0.4, -0.2) is 38.5 Å². The highest BCUT2D eigenvalue weighted by Gasteiger charge is 2.26. The van der Waals surface area contributed by atoms with E-state index in [1.807, 2.05) is 11.6 Å². The molecule has 7 nitrogen and oxygen atoms in total. The average molecular weight is 347 g/mol. The van der Waals surface area contributed by atoms with Crippen LogP contribution in [0.1, 0.15) is 30.6 Å². The van der Waals surface area contributed by atoms with Gasteiger partial charge in [0.05, 0.1) is 19.1 Å². The molecule has 134 valence electrons. The van der Waals surface area contributed by atoms with Crippen LogP contribution in [0.3, 0.4) is 0 Å². The van der Waals surface area contributed by atoms with Gasteiger partial charge in [0.1, 0.15) is 23.1 Å². The molecule has 0 bridgehead atoms. The van der Waals surface area contributed by atoms with E-state index < -0.39 is 5.60 Å². The number of aliphatic hydroxyl groups is 1. The van der Waals surface area contributed by atoms with E-state index in [1.165, 1.54) is 24.3 Å². The minimum Gasteiger partial charge on any atom is -0.384 e. The number of halogens is 1. The van der Waals surface area contributed by atoms with Gasteiger partial charge in [0, 0.05) is 6.42 Å². The summed E-state index contributed by atoms with van der Waals surface area (Å²) in [5, 5.41) is 20.3. The van der Waals surface area contributed by atoms with Gasteiger partial charge in [-0.05, 0) is 38.0 Å². The number of carbonyl (C=O) groups excluding carboxylic acids is 1. The number of nitrogens with one attached hydrogen (secondary N) is 2. The monoisotopic (exact) mass is 347 g/mol. The molecule has 1 aliphatic heterocycles. The molecular weight excluding hydrogens is 325 g/mol. The topological polar surface area (TPSA) is 92.1 Å². The van der Waals surface area contributed by atoms with Crippen molar-refractivity contribution >= 4 is 6.03 Å². The molecule has 25 heavy (non-hydrogen) atoms. The molecule has 2 unspecified atom stereocenters. The SMILES string of the molecule is Cc1nc2n(n1)CC(NC(=O)NCC(C)(O)c1ccc(F)cc1)CC2. The lowest BCUT2D eigenvalue weighted by Gasteiger charge is -2.27. The smallest absolute Gasteiger partial charge is 0.315 e. The Kier molecular flexibility index (Phi) is 4.71. The third-order valence-electron chi connectivity index (χ3n) is 4.36. The molecule has 1 aromatic heterocycles. The first-order valence-electron chi connectivity index (χ1n) is 8.26. The molecule has 3 N–H and O–H groups in total. The highest BCUT2D eigenvalue weighted by Crippen LogP contribution is 2.20. The van der Waals surface area contributed by atoms with Crippen LogP contribution in [0.15, 0.2) is 24.3 Å². The van der Waals surface area contributed by atoms with Crippen molar-refractivity contribution in [1.29, 1.82) is 0 Å². The van der Waals surface area contributed by atoms with Crippen molar-refractivity contribution < 1.29 is 14.3 Å². The Morgan fingerprint density at radius 1 is 1.44 bits per heavy atom. The summed E-state index contributed by atoms with van der Waals surface area (Å²) in [7, 11) is 0. The van der Waals surface area contributed by atoms with E-state index in [0.29, 0.717) is 12.1 Å². The Hall–Kier alpha value is -2.48. The third-order valence-corrected chi connectivity index (χ3v) is 4.36. The number of aromatic nitrogens is 3. The van der Waals surface area contributed by atoms with Gasteiger partial charge in [-0.3, -0.25) is 0 Å². The van der Waals surface area contributed by atoms with Crippen molar-refractivity contribution in [2.45, 2.75) is 44.9 Å². The molecule has 2 amide bonds. The van der Waals surface area contributed by atoms with Crippen molar-refractivity contribution in [2.24, 2.45) is 0 Å². The van der Waals surface area contributed by atoms with Gasteiger partial charge in [-0.25, -0.2) is 18.9 Å². The average Bonchev–Trinajstić information content (AvgIpc) is 2.93. The molecule has 0 fully saturated rings. The Morgan fingerprint density at radius 2 is 2.16 bits per heavy atom. The minimum absolute atomic E-state index is 0.0187. The zero-order chi connectivity index (χ0) is 18.0. The Balaban J connectivity index is 1.52. The number of nitrogens with zero attached hydrogens (tertiary/aromatic N) is 3. The fourth-order valence-corrected chi connectivity index (χ4v) is 2.95. The van der Waals surface area contributed by atoms with Crippen molar-refractivity contribution in [1.82, 2.24) is 25.4 Å². The van der Waals surface area contributed by atoms with E-state index in [-0.39, 0.29) is 24.4 Å². The number of aryl methyl sites for hydroxylation is 2. The van der Waals surface area contributed by atoms with Crippen molar-refractivity contribution in [3.8, 4) is 0 Å². The van der Waals surface area contributed by atoms with Crippen molar-refractivity contribution in [3.63, 3.8) is 0 Å². The summed E-state index contributed by atoms with van der Waals surface area (Å²) in [6, 6.07) is 5.18. The molecule has 2 aromatic rings. The van der Waals surface area contributed by atoms with E-state index in [2.05, 4.69) is 20.7 Å². The molecule has 2 heterocycles. The molecule has 0 spiro atoms. The van der Waals surface area contributed by atoms with Gasteiger partial charge in [-0.1, -0.05) is 12.1 Å². The lowest BCUT2D eigenvalue weighted by atomic mass is 9.96. The molecule has 2 atom stereocenters. The van der Waals surface area contributed by atoms with E-state index in [4.69, 9.17) is 0 Å². The summed E-state index contributed by atoms with van der Waals surface area (Å²) in [5.74, 6) is 1.30. The number of fused-ring (bicyclic) bond motifs is 1.